The van der Waals surface area contributed by atoms with Crippen molar-refractivity contribution < 1.29 is 32.6 Å². The minimum absolute atomic E-state index is 0.0439. The van der Waals surface area contributed by atoms with Crippen molar-refractivity contribution >= 4 is 23.4 Å². The Morgan fingerprint density at radius 2 is 1.82 bits per heavy atom. The molecule has 0 aromatic heterocycles. The van der Waals surface area contributed by atoms with E-state index in [1.165, 1.54) is 18.2 Å². The lowest BCUT2D eigenvalue weighted by Crippen LogP contribution is -2.31. The van der Waals surface area contributed by atoms with Gasteiger partial charge in [-0.05, 0) is 43.2 Å². The van der Waals surface area contributed by atoms with E-state index in [0.717, 1.165) is 12.5 Å². The smallest absolute Gasteiger partial charge is 0.425 e. The molecule has 1 unspecified atom stereocenters. The van der Waals surface area contributed by atoms with Crippen LogP contribution in [-0.2, 0) is 11.2 Å². The predicted molar refractivity (Wildman–Crippen MR) is 97.6 cm³/mol. The van der Waals surface area contributed by atoms with Gasteiger partial charge >= 0.3 is 18.2 Å². The number of aliphatic carboxylic acids is 1. The van der Waals surface area contributed by atoms with Crippen LogP contribution in [0.4, 0.5) is 29.3 Å². The number of anilines is 2. The second-order valence-electron chi connectivity index (χ2n) is 5.97. The number of hydrogen-bond acceptors (Lipinski definition) is 3. The fraction of sp³-hybridized carbons (Fsp3) is 0.263. The lowest BCUT2D eigenvalue weighted by molar-refractivity contribution is -0.189. The molecule has 28 heavy (non-hydrogen) atoms. The number of para-hydroxylation sites is 2. The molecule has 0 saturated heterocycles. The highest BCUT2D eigenvalue weighted by Gasteiger charge is 2.38. The quantitative estimate of drug-likeness (QED) is 0.634. The number of rotatable bonds is 7. The van der Waals surface area contributed by atoms with Crippen LogP contribution in [0.1, 0.15) is 18.9 Å². The monoisotopic (exact) mass is 396 g/mol. The molecular formula is C19H19F3N2O4. The summed E-state index contributed by atoms with van der Waals surface area (Å²) in [6.45, 7) is 0.874. The van der Waals surface area contributed by atoms with Gasteiger partial charge in [0.25, 0.3) is 0 Å². The van der Waals surface area contributed by atoms with Crippen LogP contribution in [0.3, 0.4) is 0 Å². The van der Waals surface area contributed by atoms with Gasteiger partial charge in [-0.3, -0.25) is 4.79 Å². The van der Waals surface area contributed by atoms with Crippen LogP contribution in [0.2, 0.25) is 0 Å². The number of carbonyl (C=O) groups excluding carboxylic acids is 1. The van der Waals surface area contributed by atoms with E-state index in [0.29, 0.717) is 12.1 Å². The van der Waals surface area contributed by atoms with E-state index in [1.807, 2.05) is 0 Å². The third-order valence-corrected chi connectivity index (χ3v) is 3.71. The van der Waals surface area contributed by atoms with Crippen molar-refractivity contribution in [3.05, 3.63) is 54.1 Å². The molecule has 6 nitrogen and oxygen atoms in total. The van der Waals surface area contributed by atoms with Gasteiger partial charge in [-0.2, -0.15) is 13.2 Å². The van der Waals surface area contributed by atoms with Crippen LogP contribution in [-0.4, -0.2) is 29.4 Å². The second-order valence-corrected chi connectivity index (χ2v) is 5.97. The minimum Gasteiger partial charge on any atom is -0.481 e. The summed E-state index contributed by atoms with van der Waals surface area (Å²) >= 11 is 0. The first-order chi connectivity index (χ1) is 13.1. The Balaban J connectivity index is 2.04. The highest BCUT2D eigenvalue weighted by Crippen LogP contribution is 2.30. The van der Waals surface area contributed by atoms with E-state index >= 15 is 0 Å². The molecule has 3 N–H and O–H groups in total. The number of ether oxygens (including phenoxy) is 1. The maximum absolute atomic E-state index is 12.7. The van der Waals surface area contributed by atoms with Crippen molar-refractivity contribution in [2.75, 3.05) is 10.6 Å². The van der Waals surface area contributed by atoms with Gasteiger partial charge in [0.05, 0.1) is 5.69 Å². The lowest BCUT2D eigenvalue weighted by atomic mass is 10.1. The lowest BCUT2D eigenvalue weighted by Gasteiger charge is -2.20. The van der Waals surface area contributed by atoms with E-state index in [4.69, 9.17) is 9.84 Å². The molecule has 0 bridgehead atoms. The van der Waals surface area contributed by atoms with Gasteiger partial charge in [0.15, 0.2) is 6.10 Å². The van der Waals surface area contributed by atoms with Gasteiger partial charge in [-0.15, -0.1) is 0 Å². The van der Waals surface area contributed by atoms with Crippen LogP contribution in [0.25, 0.3) is 0 Å². The van der Waals surface area contributed by atoms with Crippen LogP contribution >= 0.6 is 0 Å². The summed E-state index contributed by atoms with van der Waals surface area (Å²) in [5.74, 6) is -1.04. The molecule has 0 aliphatic rings. The number of hydrogen-bond donors (Lipinski definition) is 3. The molecule has 1 atom stereocenters. The van der Waals surface area contributed by atoms with Gasteiger partial charge in [-0.25, -0.2) is 4.79 Å². The van der Waals surface area contributed by atoms with E-state index in [1.54, 1.807) is 30.3 Å². The number of carboxylic acid groups (broad SMARTS) is 1. The van der Waals surface area contributed by atoms with E-state index in [2.05, 4.69) is 10.6 Å². The number of amides is 2. The van der Waals surface area contributed by atoms with Gasteiger partial charge < -0.3 is 20.5 Å². The fourth-order valence-electron chi connectivity index (χ4n) is 2.27. The van der Waals surface area contributed by atoms with Gasteiger partial charge in [0.2, 0.25) is 0 Å². The number of alkyl halides is 3. The molecule has 2 rings (SSSR count). The summed E-state index contributed by atoms with van der Waals surface area (Å²) in [5.41, 5.74) is 1.23. The Bertz CT molecular complexity index is 840. The Labute approximate surface area is 159 Å². The average Bonchev–Trinajstić information content (AvgIpc) is 2.61. The molecule has 2 aromatic carbocycles. The standard InChI is InChI=1S/C19H19F3N2O4/c1-12(19(20,21)22)28-16-8-3-2-7-15(16)24-18(27)23-14-6-4-5-13(11-14)9-10-17(25)26/h2-8,11-12H,9-10H2,1H3,(H,25,26)(H2,23,24,27). The molecule has 0 radical (unpaired) electrons. The molecule has 0 aliphatic carbocycles. The number of carbonyl (C=O) groups is 2. The number of nitrogens with one attached hydrogen (secondary N) is 2. The van der Waals surface area contributed by atoms with Crippen molar-refractivity contribution in [2.45, 2.75) is 32.0 Å². The number of urea groups is 1. The Morgan fingerprint density at radius 3 is 2.50 bits per heavy atom. The second kappa shape index (κ2) is 9.12. The maximum atomic E-state index is 12.7. The number of carboxylic acids is 1. The van der Waals surface area contributed by atoms with Gasteiger partial charge in [-0.1, -0.05) is 24.3 Å². The molecule has 150 valence electrons. The molecule has 2 amide bonds. The number of halogens is 3. The van der Waals surface area contributed by atoms with Crippen LogP contribution in [0, 0.1) is 0 Å². The summed E-state index contributed by atoms with van der Waals surface area (Å²) in [6.07, 6.45) is -6.31. The van der Waals surface area contributed by atoms with Crippen molar-refractivity contribution in [2.24, 2.45) is 0 Å². The molecule has 0 heterocycles. The van der Waals surface area contributed by atoms with E-state index in [-0.39, 0.29) is 17.9 Å². The number of aryl methyl sites for hydroxylation is 1. The Morgan fingerprint density at radius 1 is 1.11 bits per heavy atom. The fourth-order valence-corrected chi connectivity index (χ4v) is 2.27. The highest BCUT2D eigenvalue weighted by molar-refractivity contribution is 6.00. The molecule has 9 heteroatoms. The summed E-state index contributed by atoms with van der Waals surface area (Å²) in [4.78, 5) is 22.8. The van der Waals surface area contributed by atoms with Crippen LogP contribution < -0.4 is 15.4 Å². The molecular weight excluding hydrogens is 377 g/mol. The van der Waals surface area contributed by atoms with Crippen LogP contribution in [0.15, 0.2) is 48.5 Å². The average molecular weight is 396 g/mol. The summed E-state index contributed by atoms with van der Waals surface area (Å²) in [7, 11) is 0. The third-order valence-electron chi connectivity index (χ3n) is 3.71. The SMILES string of the molecule is CC(Oc1ccccc1NC(=O)Nc1cccc(CCC(=O)O)c1)C(F)(F)F. The molecule has 0 fully saturated rings. The van der Waals surface area contributed by atoms with Crippen molar-refractivity contribution in [1.82, 2.24) is 0 Å². The summed E-state index contributed by atoms with van der Waals surface area (Å²) < 4.78 is 43.0. The first-order valence-electron chi connectivity index (χ1n) is 8.36. The summed E-state index contributed by atoms with van der Waals surface area (Å²) in [5, 5.41) is 13.7. The van der Waals surface area contributed by atoms with Crippen molar-refractivity contribution in [3.8, 4) is 5.75 Å². The molecule has 0 saturated carbocycles. The first kappa shape index (κ1) is 21.1. The normalized spacial score (nSPS) is 12.1. The maximum Gasteiger partial charge on any atom is 0.425 e. The molecule has 0 spiro atoms. The zero-order valence-corrected chi connectivity index (χ0v) is 14.9. The van der Waals surface area contributed by atoms with E-state index in [9.17, 15) is 22.8 Å². The highest BCUT2D eigenvalue weighted by atomic mass is 19.4. The van der Waals surface area contributed by atoms with Gasteiger partial charge in [0, 0.05) is 12.1 Å². The Kier molecular flexibility index (Phi) is 6.86. The topological polar surface area (TPSA) is 87.7 Å². The minimum atomic E-state index is -4.54. The Hall–Kier alpha value is -3.23. The third kappa shape index (κ3) is 6.49. The van der Waals surface area contributed by atoms with E-state index < -0.39 is 24.3 Å². The predicted octanol–water partition coefficient (Wildman–Crippen LogP) is 4.68. The first-order valence-corrected chi connectivity index (χ1v) is 8.36. The molecule has 2 aromatic rings. The zero-order valence-electron chi connectivity index (χ0n) is 14.9. The van der Waals surface area contributed by atoms with Crippen LogP contribution in [0.5, 0.6) is 5.75 Å². The van der Waals surface area contributed by atoms with Crippen molar-refractivity contribution in [1.29, 1.82) is 0 Å². The number of benzene rings is 2. The summed E-state index contributed by atoms with van der Waals surface area (Å²) in [6, 6.07) is 11.7. The largest absolute Gasteiger partial charge is 0.481 e. The molecule has 0 aliphatic heterocycles. The van der Waals surface area contributed by atoms with Crippen molar-refractivity contribution in [3.63, 3.8) is 0 Å². The van der Waals surface area contributed by atoms with Gasteiger partial charge in [0.1, 0.15) is 5.75 Å². The zero-order chi connectivity index (χ0) is 20.7.